The van der Waals surface area contributed by atoms with Gasteiger partial charge in [0, 0.05) is 16.8 Å². The van der Waals surface area contributed by atoms with Crippen molar-refractivity contribution in [3.63, 3.8) is 0 Å². The monoisotopic (exact) mass is 286 g/mol. The minimum atomic E-state index is -0.0902. The lowest BCUT2D eigenvalue weighted by Crippen LogP contribution is -2.14. The quantitative estimate of drug-likeness (QED) is 0.757. The Hall–Kier alpha value is -1.92. The number of ether oxygens (including phenoxy) is 1. The molecule has 3 aromatic heterocycles. The highest BCUT2D eigenvalue weighted by atomic mass is 16.5. The molecule has 0 radical (unpaired) electrons. The standard InChI is InChI=1S/C15H18N4O2/c1-8-5-11-9(2)18-15-14(13(11)17-8)16-7-19(15)12-4-3-10(6-20)21-12/h5,7,10,12,17,20H,3-4,6H2,1-2H3. The van der Waals surface area contributed by atoms with Crippen LogP contribution >= 0.6 is 0 Å². The molecule has 4 heterocycles. The molecule has 0 spiro atoms. The molecule has 0 aromatic carbocycles. The first-order valence-electron chi connectivity index (χ1n) is 7.26. The Morgan fingerprint density at radius 2 is 2.29 bits per heavy atom. The van der Waals surface area contributed by atoms with E-state index in [0.29, 0.717) is 0 Å². The van der Waals surface area contributed by atoms with Crippen LogP contribution in [0.25, 0.3) is 22.1 Å². The molecule has 3 aromatic rings. The van der Waals surface area contributed by atoms with Crippen LogP contribution in [0, 0.1) is 13.8 Å². The minimum Gasteiger partial charge on any atom is -0.394 e. The minimum absolute atomic E-state index is 0.0651. The highest BCUT2D eigenvalue weighted by Crippen LogP contribution is 2.32. The summed E-state index contributed by atoms with van der Waals surface area (Å²) in [6.45, 7) is 4.11. The Bertz CT molecular complexity index is 820. The molecule has 2 atom stereocenters. The van der Waals surface area contributed by atoms with Crippen LogP contribution in [0.15, 0.2) is 12.4 Å². The number of hydrogen-bond donors (Lipinski definition) is 2. The summed E-state index contributed by atoms with van der Waals surface area (Å²) >= 11 is 0. The molecule has 4 rings (SSSR count). The maximum absolute atomic E-state index is 9.21. The molecule has 1 aliphatic rings. The van der Waals surface area contributed by atoms with Crippen molar-refractivity contribution in [2.24, 2.45) is 0 Å². The molecular formula is C15H18N4O2. The molecular weight excluding hydrogens is 268 g/mol. The molecule has 2 N–H and O–H groups in total. The molecule has 2 unspecified atom stereocenters. The summed E-state index contributed by atoms with van der Waals surface area (Å²) in [6.07, 6.45) is 3.36. The van der Waals surface area contributed by atoms with E-state index in [9.17, 15) is 5.11 Å². The summed E-state index contributed by atoms with van der Waals surface area (Å²) in [5, 5.41) is 10.3. The van der Waals surface area contributed by atoms with Crippen LogP contribution in [-0.2, 0) is 4.74 Å². The molecule has 0 bridgehead atoms. The zero-order valence-corrected chi connectivity index (χ0v) is 12.1. The first kappa shape index (κ1) is 12.8. The second-order valence-corrected chi connectivity index (χ2v) is 5.73. The lowest BCUT2D eigenvalue weighted by molar-refractivity contribution is -0.0207. The maximum Gasteiger partial charge on any atom is 0.164 e. The van der Waals surface area contributed by atoms with Crippen molar-refractivity contribution in [1.29, 1.82) is 0 Å². The van der Waals surface area contributed by atoms with Gasteiger partial charge >= 0.3 is 0 Å². The first-order valence-corrected chi connectivity index (χ1v) is 7.26. The Morgan fingerprint density at radius 3 is 3.05 bits per heavy atom. The third kappa shape index (κ3) is 1.86. The van der Waals surface area contributed by atoms with Crippen molar-refractivity contribution in [3.05, 3.63) is 23.8 Å². The van der Waals surface area contributed by atoms with Gasteiger partial charge in [0.2, 0.25) is 0 Å². The summed E-state index contributed by atoms with van der Waals surface area (Å²) < 4.78 is 7.82. The average molecular weight is 286 g/mol. The van der Waals surface area contributed by atoms with Crippen LogP contribution in [0.2, 0.25) is 0 Å². The molecule has 110 valence electrons. The van der Waals surface area contributed by atoms with Crippen LogP contribution < -0.4 is 0 Å². The van der Waals surface area contributed by atoms with E-state index in [4.69, 9.17) is 9.72 Å². The van der Waals surface area contributed by atoms with Gasteiger partial charge in [0.15, 0.2) is 5.65 Å². The zero-order chi connectivity index (χ0) is 14.6. The summed E-state index contributed by atoms with van der Waals surface area (Å²) in [7, 11) is 0. The van der Waals surface area contributed by atoms with Crippen molar-refractivity contribution < 1.29 is 9.84 Å². The van der Waals surface area contributed by atoms with E-state index >= 15 is 0 Å². The van der Waals surface area contributed by atoms with Crippen molar-refractivity contribution in [2.45, 2.75) is 39.0 Å². The lowest BCUT2D eigenvalue weighted by Gasteiger charge is -2.14. The van der Waals surface area contributed by atoms with Gasteiger partial charge in [0.25, 0.3) is 0 Å². The number of hydrogen-bond acceptors (Lipinski definition) is 4. The Labute approximate surface area is 121 Å². The third-order valence-corrected chi connectivity index (χ3v) is 4.22. The molecule has 6 heteroatoms. The number of aryl methyl sites for hydroxylation is 2. The molecule has 1 fully saturated rings. The Kier molecular flexibility index (Phi) is 2.77. The van der Waals surface area contributed by atoms with Gasteiger partial charge in [-0.25, -0.2) is 9.97 Å². The maximum atomic E-state index is 9.21. The van der Waals surface area contributed by atoms with Gasteiger partial charge in [-0.15, -0.1) is 0 Å². The smallest absolute Gasteiger partial charge is 0.164 e. The van der Waals surface area contributed by atoms with Crippen LogP contribution in [0.1, 0.15) is 30.5 Å². The molecule has 6 nitrogen and oxygen atoms in total. The second kappa shape index (κ2) is 4.54. The molecule has 1 aliphatic heterocycles. The van der Waals surface area contributed by atoms with Crippen molar-refractivity contribution in [3.8, 4) is 0 Å². The number of fused-ring (bicyclic) bond motifs is 3. The number of aromatic amines is 1. The van der Waals surface area contributed by atoms with Crippen LogP contribution in [0.4, 0.5) is 0 Å². The van der Waals surface area contributed by atoms with Gasteiger partial charge < -0.3 is 14.8 Å². The summed E-state index contributed by atoms with van der Waals surface area (Å²) in [6, 6.07) is 2.10. The lowest BCUT2D eigenvalue weighted by atomic mass is 10.2. The van der Waals surface area contributed by atoms with Gasteiger partial charge in [0.05, 0.1) is 24.6 Å². The number of imidazole rings is 1. The molecule has 0 amide bonds. The van der Waals surface area contributed by atoms with E-state index in [1.165, 1.54) is 0 Å². The van der Waals surface area contributed by atoms with Crippen LogP contribution in [0.3, 0.4) is 0 Å². The van der Waals surface area contributed by atoms with Gasteiger partial charge in [-0.2, -0.15) is 0 Å². The van der Waals surface area contributed by atoms with Gasteiger partial charge in [-0.3, -0.25) is 4.57 Å². The van der Waals surface area contributed by atoms with E-state index in [0.717, 1.165) is 46.3 Å². The van der Waals surface area contributed by atoms with E-state index in [-0.39, 0.29) is 18.9 Å². The number of aromatic nitrogens is 4. The van der Waals surface area contributed by atoms with Crippen molar-refractivity contribution in [1.82, 2.24) is 19.5 Å². The highest BCUT2D eigenvalue weighted by molar-refractivity contribution is 6.01. The number of pyridine rings is 1. The van der Waals surface area contributed by atoms with Crippen LogP contribution in [-0.4, -0.2) is 37.3 Å². The van der Waals surface area contributed by atoms with Gasteiger partial charge in [-0.05, 0) is 32.8 Å². The second-order valence-electron chi connectivity index (χ2n) is 5.73. The number of aliphatic hydroxyl groups is 1. The predicted octanol–water partition coefficient (Wildman–Crippen LogP) is 2.20. The first-order chi connectivity index (χ1) is 10.2. The fourth-order valence-corrected chi connectivity index (χ4v) is 3.16. The molecule has 21 heavy (non-hydrogen) atoms. The fraction of sp³-hybridized carbons (Fsp3) is 0.467. The number of aliphatic hydroxyl groups excluding tert-OH is 1. The van der Waals surface area contributed by atoms with E-state index in [1.54, 1.807) is 6.33 Å². The number of rotatable bonds is 2. The molecule has 0 saturated carbocycles. The predicted molar refractivity (Wildman–Crippen MR) is 79.1 cm³/mol. The van der Waals surface area contributed by atoms with E-state index < -0.39 is 0 Å². The molecule has 0 aliphatic carbocycles. The topological polar surface area (TPSA) is 76.0 Å². The Balaban J connectivity index is 1.88. The average Bonchev–Trinajstić information content (AvgIpc) is 3.14. The largest absolute Gasteiger partial charge is 0.394 e. The SMILES string of the molecule is Cc1cc2c(C)nc3c(ncn3C3CCC(CO)O3)c2[nH]1. The summed E-state index contributed by atoms with van der Waals surface area (Å²) in [5.41, 5.74) is 4.84. The molecule has 1 saturated heterocycles. The number of H-pyrrole nitrogens is 1. The van der Waals surface area contributed by atoms with Crippen LogP contribution in [0.5, 0.6) is 0 Å². The third-order valence-electron chi connectivity index (χ3n) is 4.22. The zero-order valence-electron chi connectivity index (χ0n) is 12.1. The highest BCUT2D eigenvalue weighted by Gasteiger charge is 2.28. The van der Waals surface area contributed by atoms with Gasteiger partial charge in [-0.1, -0.05) is 0 Å². The van der Waals surface area contributed by atoms with E-state index in [2.05, 4.69) is 16.0 Å². The Morgan fingerprint density at radius 1 is 1.43 bits per heavy atom. The van der Waals surface area contributed by atoms with Crippen molar-refractivity contribution >= 4 is 22.1 Å². The van der Waals surface area contributed by atoms with E-state index in [1.807, 2.05) is 18.4 Å². The number of nitrogens with one attached hydrogen (secondary N) is 1. The summed E-state index contributed by atoms with van der Waals surface area (Å²) in [5.74, 6) is 0. The van der Waals surface area contributed by atoms with Gasteiger partial charge in [0.1, 0.15) is 11.7 Å². The van der Waals surface area contributed by atoms with Crippen molar-refractivity contribution in [2.75, 3.05) is 6.61 Å². The fourth-order valence-electron chi connectivity index (χ4n) is 3.16. The normalized spacial score (nSPS) is 22.6. The number of nitrogens with zero attached hydrogens (tertiary/aromatic N) is 3. The summed E-state index contributed by atoms with van der Waals surface area (Å²) in [4.78, 5) is 12.6.